The maximum absolute atomic E-state index is 13.6. The summed E-state index contributed by atoms with van der Waals surface area (Å²) in [6, 6.07) is 8.15. The molecule has 0 saturated carbocycles. The van der Waals surface area contributed by atoms with Crippen LogP contribution in [0.25, 0.3) is 0 Å². The van der Waals surface area contributed by atoms with Crippen molar-refractivity contribution in [3.8, 4) is 0 Å². The highest BCUT2D eigenvalue weighted by Gasteiger charge is 2.30. The number of benzene rings is 2. The highest BCUT2D eigenvalue weighted by Crippen LogP contribution is 2.30. The van der Waals surface area contributed by atoms with Gasteiger partial charge < -0.3 is 5.11 Å². The zero-order chi connectivity index (χ0) is 15.6. The van der Waals surface area contributed by atoms with Gasteiger partial charge in [-0.2, -0.15) is 13.2 Å². The minimum Gasteiger partial charge on any atom is -0.388 e. The van der Waals surface area contributed by atoms with Gasteiger partial charge in [0.1, 0.15) is 5.82 Å². The van der Waals surface area contributed by atoms with Crippen LogP contribution in [-0.4, -0.2) is 5.11 Å². The predicted molar refractivity (Wildman–Crippen MR) is 71.5 cm³/mol. The summed E-state index contributed by atoms with van der Waals surface area (Å²) >= 11 is 5.73. The number of aliphatic hydroxyl groups is 1. The minimum atomic E-state index is -4.41. The van der Waals surface area contributed by atoms with Gasteiger partial charge in [-0.1, -0.05) is 23.7 Å². The first kappa shape index (κ1) is 15.8. The Morgan fingerprint density at radius 2 is 1.67 bits per heavy atom. The Bertz CT molecular complexity index is 623. The van der Waals surface area contributed by atoms with Crippen molar-refractivity contribution < 1.29 is 22.7 Å². The van der Waals surface area contributed by atoms with Gasteiger partial charge >= 0.3 is 6.18 Å². The topological polar surface area (TPSA) is 20.2 Å². The molecule has 0 amide bonds. The van der Waals surface area contributed by atoms with Gasteiger partial charge in [0.15, 0.2) is 0 Å². The van der Waals surface area contributed by atoms with Crippen molar-refractivity contribution in [1.82, 2.24) is 0 Å². The van der Waals surface area contributed by atoms with Crippen molar-refractivity contribution in [2.45, 2.75) is 18.7 Å². The summed E-state index contributed by atoms with van der Waals surface area (Å²) < 4.78 is 50.9. The molecule has 0 aliphatic heterocycles. The summed E-state index contributed by atoms with van der Waals surface area (Å²) in [4.78, 5) is 0. The van der Waals surface area contributed by atoms with Gasteiger partial charge in [0.2, 0.25) is 0 Å². The summed E-state index contributed by atoms with van der Waals surface area (Å²) in [5.74, 6) is -0.612. The van der Waals surface area contributed by atoms with Crippen molar-refractivity contribution in [3.05, 3.63) is 70.0 Å². The second-order valence-electron chi connectivity index (χ2n) is 4.58. The van der Waals surface area contributed by atoms with E-state index in [1.807, 2.05) is 0 Å². The zero-order valence-corrected chi connectivity index (χ0v) is 11.4. The number of hydrogen-bond donors (Lipinski definition) is 1. The Balaban J connectivity index is 2.16. The Hall–Kier alpha value is -1.59. The molecular formula is C15H11ClF4O. The average molecular weight is 319 g/mol. The molecule has 6 heteroatoms. The van der Waals surface area contributed by atoms with Crippen LogP contribution in [0.5, 0.6) is 0 Å². The molecule has 1 nitrogen and oxygen atoms in total. The molecule has 0 saturated heterocycles. The summed E-state index contributed by atoms with van der Waals surface area (Å²) in [5.41, 5.74) is -0.285. The fourth-order valence-electron chi connectivity index (χ4n) is 1.93. The Labute approximate surface area is 123 Å². The molecule has 1 N–H and O–H groups in total. The first-order chi connectivity index (χ1) is 9.77. The molecule has 0 aliphatic carbocycles. The van der Waals surface area contributed by atoms with Gasteiger partial charge in [0.25, 0.3) is 0 Å². The van der Waals surface area contributed by atoms with Gasteiger partial charge in [-0.15, -0.1) is 0 Å². The highest BCUT2D eigenvalue weighted by molar-refractivity contribution is 6.30. The number of hydrogen-bond acceptors (Lipinski definition) is 1. The SMILES string of the molecule is OC(Cc1ccc(C(F)(F)F)cc1)c1cc(Cl)ccc1F. The molecular weight excluding hydrogens is 308 g/mol. The van der Waals surface area contributed by atoms with E-state index in [4.69, 9.17) is 11.6 Å². The molecule has 1 unspecified atom stereocenters. The van der Waals surface area contributed by atoms with Crippen LogP contribution in [0.15, 0.2) is 42.5 Å². The van der Waals surface area contributed by atoms with Crippen LogP contribution in [0.4, 0.5) is 17.6 Å². The van der Waals surface area contributed by atoms with Crippen LogP contribution < -0.4 is 0 Å². The third-order valence-corrected chi connectivity index (χ3v) is 3.26. The van der Waals surface area contributed by atoms with Crippen LogP contribution in [-0.2, 0) is 12.6 Å². The van der Waals surface area contributed by atoms with Crippen LogP contribution in [0.1, 0.15) is 22.8 Å². The second-order valence-corrected chi connectivity index (χ2v) is 5.02. The maximum Gasteiger partial charge on any atom is 0.416 e. The van der Waals surface area contributed by atoms with Crippen LogP contribution in [0.3, 0.4) is 0 Å². The maximum atomic E-state index is 13.6. The fraction of sp³-hybridized carbons (Fsp3) is 0.200. The van der Waals surface area contributed by atoms with E-state index in [9.17, 15) is 22.7 Å². The van der Waals surface area contributed by atoms with Crippen molar-refractivity contribution in [1.29, 1.82) is 0 Å². The first-order valence-electron chi connectivity index (χ1n) is 6.06. The van der Waals surface area contributed by atoms with Gasteiger partial charge in [-0.05, 0) is 35.9 Å². The van der Waals surface area contributed by atoms with Crippen molar-refractivity contribution in [3.63, 3.8) is 0 Å². The molecule has 2 rings (SSSR count). The van der Waals surface area contributed by atoms with Crippen molar-refractivity contribution >= 4 is 11.6 Å². The summed E-state index contributed by atoms with van der Waals surface area (Å²) in [7, 11) is 0. The molecule has 0 spiro atoms. The third-order valence-electron chi connectivity index (χ3n) is 3.03. The normalized spacial score (nSPS) is 13.2. The largest absolute Gasteiger partial charge is 0.416 e. The van der Waals surface area contributed by atoms with E-state index >= 15 is 0 Å². The monoisotopic (exact) mass is 318 g/mol. The van der Waals surface area contributed by atoms with Gasteiger partial charge in [0, 0.05) is 17.0 Å². The minimum absolute atomic E-state index is 0.00456. The Morgan fingerprint density at radius 1 is 1.05 bits per heavy atom. The van der Waals surface area contributed by atoms with Crippen LogP contribution in [0.2, 0.25) is 5.02 Å². The molecule has 0 aliphatic rings. The highest BCUT2D eigenvalue weighted by atomic mass is 35.5. The predicted octanol–water partition coefficient (Wildman–Crippen LogP) is 4.77. The van der Waals surface area contributed by atoms with E-state index in [1.54, 1.807) is 0 Å². The lowest BCUT2D eigenvalue weighted by Crippen LogP contribution is -2.07. The Kier molecular flexibility index (Phi) is 4.54. The lowest BCUT2D eigenvalue weighted by Gasteiger charge is -2.13. The van der Waals surface area contributed by atoms with Crippen LogP contribution >= 0.6 is 11.6 Å². The average Bonchev–Trinajstić information content (AvgIpc) is 2.41. The quantitative estimate of drug-likeness (QED) is 0.808. The zero-order valence-electron chi connectivity index (χ0n) is 10.7. The first-order valence-corrected chi connectivity index (χ1v) is 6.44. The lowest BCUT2D eigenvalue weighted by molar-refractivity contribution is -0.137. The molecule has 112 valence electrons. The van der Waals surface area contributed by atoms with E-state index in [-0.39, 0.29) is 17.0 Å². The van der Waals surface area contributed by atoms with E-state index < -0.39 is 23.7 Å². The van der Waals surface area contributed by atoms with E-state index in [2.05, 4.69) is 0 Å². The number of aliphatic hydroxyl groups excluding tert-OH is 1. The molecule has 0 radical (unpaired) electrons. The molecule has 21 heavy (non-hydrogen) atoms. The number of halogens is 5. The number of rotatable bonds is 3. The molecule has 2 aromatic carbocycles. The molecule has 0 fully saturated rings. The summed E-state index contributed by atoms with van der Waals surface area (Å²) in [5, 5.41) is 10.3. The standard InChI is InChI=1S/C15H11ClF4O/c16-11-5-6-13(17)12(8-11)14(21)7-9-1-3-10(4-2-9)15(18,19)20/h1-6,8,14,21H,7H2. The summed E-state index contributed by atoms with van der Waals surface area (Å²) in [6.07, 6.45) is -5.59. The smallest absolute Gasteiger partial charge is 0.388 e. The second kappa shape index (κ2) is 6.03. The fourth-order valence-corrected chi connectivity index (χ4v) is 2.11. The molecule has 1 atom stereocenters. The summed E-state index contributed by atoms with van der Waals surface area (Å²) in [6.45, 7) is 0. The van der Waals surface area contributed by atoms with E-state index in [1.165, 1.54) is 24.3 Å². The van der Waals surface area contributed by atoms with E-state index in [0.717, 1.165) is 18.2 Å². The Morgan fingerprint density at radius 3 is 2.24 bits per heavy atom. The molecule has 0 heterocycles. The van der Waals surface area contributed by atoms with E-state index in [0.29, 0.717) is 5.56 Å². The third kappa shape index (κ3) is 3.95. The van der Waals surface area contributed by atoms with Gasteiger partial charge in [-0.25, -0.2) is 4.39 Å². The lowest BCUT2D eigenvalue weighted by atomic mass is 10.00. The van der Waals surface area contributed by atoms with Crippen molar-refractivity contribution in [2.75, 3.05) is 0 Å². The molecule has 2 aromatic rings. The van der Waals surface area contributed by atoms with Crippen molar-refractivity contribution in [2.24, 2.45) is 0 Å². The van der Waals surface area contributed by atoms with Gasteiger partial charge in [-0.3, -0.25) is 0 Å². The van der Waals surface area contributed by atoms with Gasteiger partial charge in [0.05, 0.1) is 11.7 Å². The molecule has 0 bridgehead atoms. The number of alkyl halides is 3. The van der Waals surface area contributed by atoms with Crippen LogP contribution in [0, 0.1) is 5.82 Å². The molecule has 0 aromatic heterocycles.